The van der Waals surface area contributed by atoms with Crippen LogP contribution in [0, 0.1) is 0 Å². The predicted molar refractivity (Wildman–Crippen MR) is 82.6 cm³/mol. The zero-order chi connectivity index (χ0) is 14.8. The van der Waals surface area contributed by atoms with Crippen LogP contribution in [0.2, 0.25) is 0 Å². The largest absolute Gasteiger partial charge is 0.243 e. The van der Waals surface area contributed by atoms with Crippen LogP contribution in [-0.4, -0.2) is 25.3 Å². The lowest BCUT2D eigenvalue weighted by molar-refractivity contribution is 0.379. The highest BCUT2D eigenvalue weighted by molar-refractivity contribution is 7.89. The molecule has 20 heavy (non-hydrogen) atoms. The third kappa shape index (κ3) is 2.87. The van der Waals surface area contributed by atoms with Crippen LogP contribution in [0.25, 0.3) is 0 Å². The molecule has 1 fully saturated rings. The molecular weight excluding hydrogens is 294 g/mol. The maximum atomic E-state index is 12.9. The molecule has 0 N–H and O–H groups in total. The Labute approximate surface area is 127 Å². The fraction of sp³-hybridized carbons (Fsp3) is 0.600. The number of benzene rings is 1. The first-order valence-corrected chi connectivity index (χ1v) is 9.21. The molecule has 112 valence electrons. The molecule has 1 unspecified atom stereocenters. The molecule has 5 heteroatoms. The minimum Gasteiger partial charge on any atom is -0.207 e. The fourth-order valence-corrected chi connectivity index (χ4v) is 5.15. The van der Waals surface area contributed by atoms with E-state index in [-0.39, 0.29) is 6.04 Å². The van der Waals surface area contributed by atoms with Gasteiger partial charge in [-0.1, -0.05) is 26.0 Å². The van der Waals surface area contributed by atoms with Gasteiger partial charge in [-0.15, -0.1) is 11.6 Å². The van der Waals surface area contributed by atoms with Crippen molar-refractivity contribution in [3.8, 4) is 0 Å². The predicted octanol–water partition coefficient (Wildman–Crippen LogP) is 3.55. The number of hydrogen-bond acceptors (Lipinski definition) is 2. The Balaban J connectivity index is 2.47. The van der Waals surface area contributed by atoms with Crippen LogP contribution in [0.4, 0.5) is 0 Å². The SMILES string of the molecule is CCc1ccc(CCl)cc1S(=O)(=O)N1CCCC1CC. The molecule has 1 aliphatic rings. The molecule has 0 radical (unpaired) electrons. The first kappa shape index (κ1) is 15.8. The minimum absolute atomic E-state index is 0.143. The van der Waals surface area contributed by atoms with Crippen LogP contribution in [0.3, 0.4) is 0 Å². The van der Waals surface area contributed by atoms with Gasteiger partial charge in [-0.05, 0) is 42.9 Å². The number of hydrogen-bond donors (Lipinski definition) is 0. The number of sulfonamides is 1. The molecule has 0 spiro atoms. The van der Waals surface area contributed by atoms with E-state index in [1.807, 2.05) is 19.1 Å². The van der Waals surface area contributed by atoms with Crippen LogP contribution in [0.1, 0.15) is 44.2 Å². The van der Waals surface area contributed by atoms with E-state index in [2.05, 4.69) is 6.92 Å². The minimum atomic E-state index is -3.40. The summed E-state index contributed by atoms with van der Waals surface area (Å²) in [5, 5.41) is 0. The van der Waals surface area contributed by atoms with E-state index < -0.39 is 10.0 Å². The van der Waals surface area contributed by atoms with E-state index in [0.29, 0.717) is 23.7 Å². The summed E-state index contributed by atoms with van der Waals surface area (Å²) in [5.74, 6) is 0.337. The van der Waals surface area contributed by atoms with Gasteiger partial charge in [0.25, 0.3) is 0 Å². The normalized spacial score (nSPS) is 20.4. The quantitative estimate of drug-likeness (QED) is 0.779. The van der Waals surface area contributed by atoms with Crippen LogP contribution < -0.4 is 0 Å². The maximum absolute atomic E-state index is 12.9. The Morgan fingerprint density at radius 3 is 2.70 bits per heavy atom. The van der Waals surface area contributed by atoms with Gasteiger partial charge >= 0.3 is 0 Å². The van der Waals surface area contributed by atoms with E-state index in [1.54, 1.807) is 10.4 Å². The highest BCUT2D eigenvalue weighted by Gasteiger charge is 2.35. The Hall–Kier alpha value is -0.580. The monoisotopic (exact) mass is 315 g/mol. The lowest BCUT2D eigenvalue weighted by Gasteiger charge is -2.24. The molecule has 1 aliphatic heterocycles. The van der Waals surface area contributed by atoms with Crippen molar-refractivity contribution in [2.45, 2.75) is 56.3 Å². The molecule has 1 saturated heterocycles. The van der Waals surface area contributed by atoms with Gasteiger partial charge in [-0.3, -0.25) is 0 Å². The number of rotatable bonds is 5. The summed E-state index contributed by atoms with van der Waals surface area (Å²) in [4.78, 5) is 0.443. The van der Waals surface area contributed by atoms with Gasteiger partial charge in [0.2, 0.25) is 10.0 Å². The van der Waals surface area contributed by atoms with Crippen molar-refractivity contribution in [3.05, 3.63) is 29.3 Å². The van der Waals surface area contributed by atoms with Gasteiger partial charge in [0.15, 0.2) is 0 Å². The van der Waals surface area contributed by atoms with Gasteiger partial charge in [-0.25, -0.2) is 8.42 Å². The topological polar surface area (TPSA) is 37.4 Å². The van der Waals surface area contributed by atoms with E-state index in [4.69, 9.17) is 11.6 Å². The molecule has 1 aromatic rings. The van der Waals surface area contributed by atoms with Gasteiger partial charge in [0, 0.05) is 18.5 Å². The van der Waals surface area contributed by atoms with E-state index in [9.17, 15) is 8.42 Å². The first-order valence-electron chi connectivity index (χ1n) is 7.24. The number of nitrogens with zero attached hydrogens (tertiary/aromatic N) is 1. The summed E-state index contributed by atoms with van der Waals surface area (Å²) in [6, 6.07) is 5.68. The highest BCUT2D eigenvalue weighted by Crippen LogP contribution is 2.30. The molecular formula is C15H22ClNO2S. The number of aryl methyl sites for hydroxylation is 1. The van der Waals surface area contributed by atoms with Crippen LogP contribution in [0.5, 0.6) is 0 Å². The van der Waals surface area contributed by atoms with Gasteiger partial charge in [0.05, 0.1) is 4.90 Å². The average molecular weight is 316 g/mol. The summed E-state index contributed by atoms with van der Waals surface area (Å²) in [6.07, 6.45) is 3.50. The van der Waals surface area contributed by atoms with E-state index in [0.717, 1.165) is 30.4 Å². The highest BCUT2D eigenvalue weighted by atomic mass is 35.5. The zero-order valence-electron chi connectivity index (χ0n) is 12.1. The van der Waals surface area contributed by atoms with Crippen molar-refractivity contribution in [2.75, 3.05) is 6.54 Å². The summed E-state index contributed by atoms with van der Waals surface area (Å²) >= 11 is 5.85. The standard InChI is InChI=1S/C15H22ClNO2S/c1-3-13-8-7-12(11-16)10-15(13)20(18,19)17-9-5-6-14(17)4-2/h7-8,10,14H,3-6,9,11H2,1-2H3. The second-order valence-electron chi connectivity index (χ2n) is 5.25. The smallest absolute Gasteiger partial charge is 0.207 e. The van der Waals surface area contributed by atoms with Crippen LogP contribution in [-0.2, 0) is 22.3 Å². The van der Waals surface area contributed by atoms with Crippen LogP contribution >= 0.6 is 11.6 Å². The third-order valence-electron chi connectivity index (χ3n) is 4.05. The molecule has 1 heterocycles. The van der Waals surface area contributed by atoms with Crippen molar-refractivity contribution < 1.29 is 8.42 Å². The first-order chi connectivity index (χ1) is 9.54. The molecule has 0 amide bonds. The van der Waals surface area contributed by atoms with Crippen molar-refractivity contribution in [3.63, 3.8) is 0 Å². The lowest BCUT2D eigenvalue weighted by atomic mass is 10.1. The van der Waals surface area contributed by atoms with Gasteiger partial charge in [0.1, 0.15) is 0 Å². The van der Waals surface area contributed by atoms with Crippen molar-refractivity contribution in [1.29, 1.82) is 0 Å². The summed E-state index contributed by atoms with van der Waals surface area (Å²) in [7, 11) is -3.40. The van der Waals surface area contributed by atoms with Gasteiger partial charge < -0.3 is 0 Å². The van der Waals surface area contributed by atoms with E-state index >= 15 is 0 Å². The average Bonchev–Trinajstić information content (AvgIpc) is 2.95. The number of alkyl halides is 1. The maximum Gasteiger partial charge on any atom is 0.243 e. The summed E-state index contributed by atoms with van der Waals surface area (Å²) in [5.41, 5.74) is 1.73. The molecule has 3 nitrogen and oxygen atoms in total. The molecule has 0 saturated carbocycles. The second-order valence-corrected chi connectivity index (χ2v) is 7.38. The second kappa shape index (κ2) is 6.46. The van der Waals surface area contributed by atoms with E-state index in [1.165, 1.54) is 0 Å². The Bertz CT molecular complexity index is 571. The summed E-state index contributed by atoms with van der Waals surface area (Å²) in [6.45, 7) is 4.67. The molecule has 1 aromatic carbocycles. The van der Waals surface area contributed by atoms with Crippen molar-refractivity contribution >= 4 is 21.6 Å². The fourth-order valence-electron chi connectivity index (χ4n) is 2.87. The van der Waals surface area contributed by atoms with Crippen LogP contribution in [0.15, 0.2) is 23.1 Å². The van der Waals surface area contributed by atoms with Crippen molar-refractivity contribution in [1.82, 2.24) is 4.31 Å². The van der Waals surface area contributed by atoms with Crippen molar-refractivity contribution in [2.24, 2.45) is 0 Å². The summed E-state index contributed by atoms with van der Waals surface area (Å²) < 4.78 is 27.5. The molecule has 2 rings (SSSR count). The zero-order valence-corrected chi connectivity index (χ0v) is 13.7. The number of halogens is 1. The Morgan fingerprint density at radius 1 is 1.35 bits per heavy atom. The molecule has 1 atom stereocenters. The molecule has 0 aromatic heterocycles. The lowest BCUT2D eigenvalue weighted by Crippen LogP contribution is -2.35. The van der Waals surface area contributed by atoms with Gasteiger partial charge in [-0.2, -0.15) is 4.31 Å². The third-order valence-corrected chi connectivity index (χ3v) is 6.39. The molecule has 0 bridgehead atoms. The Kier molecular flexibility index (Phi) is 5.10. The molecule has 0 aliphatic carbocycles. The Morgan fingerprint density at radius 2 is 2.10 bits per heavy atom.